The zero-order chi connectivity index (χ0) is 12.8. The highest BCUT2D eigenvalue weighted by Crippen LogP contribution is 2.48. The highest BCUT2D eigenvalue weighted by molar-refractivity contribution is 7.10. The molecule has 2 aromatic rings. The number of benzene rings is 1. The van der Waals surface area contributed by atoms with E-state index in [4.69, 9.17) is 14.2 Å². The minimum atomic E-state index is -0.376. The molecule has 0 saturated heterocycles. The SMILES string of the molecule is O=C1OC(c2scc3c2OCCO3)c2ccccc21. The van der Waals surface area contributed by atoms with Crippen LogP contribution >= 0.6 is 11.3 Å². The lowest BCUT2D eigenvalue weighted by molar-refractivity contribution is 0.0454. The summed E-state index contributed by atoms with van der Waals surface area (Å²) in [6.45, 7) is 1.09. The Bertz CT molecular complexity index is 661. The molecule has 3 heterocycles. The number of hydrogen-bond donors (Lipinski definition) is 0. The van der Waals surface area contributed by atoms with Gasteiger partial charge in [-0.3, -0.25) is 0 Å². The van der Waals surface area contributed by atoms with Crippen LogP contribution in [-0.4, -0.2) is 19.2 Å². The van der Waals surface area contributed by atoms with Gasteiger partial charge < -0.3 is 14.2 Å². The second kappa shape index (κ2) is 3.99. The molecule has 1 aromatic heterocycles. The average Bonchev–Trinajstić information content (AvgIpc) is 3.01. The fraction of sp³-hybridized carbons (Fsp3) is 0.214. The van der Waals surface area contributed by atoms with Crippen LogP contribution in [0.1, 0.15) is 26.9 Å². The van der Waals surface area contributed by atoms with E-state index in [1.165, 1.54) is 11.3 Å². The molecule has 0 saturated carbocycles. The van der Waals surface area contributed by atoms with Crippen molar-refractivity contribution < 1.29 is 19.0 Å². The molecule has 4 nitrogen and oxygen atoms in total. The van der Waals surface area contributed by atoms with E-state index in [9.17, 15) is 4.79 Å². The van der Waals surface area contributed by atoms with Crippen molar-refractivity contribution in [3.05, 3.63) is 45.6 Å². The fourth-order valence-corrected chi connectivity index (χ4v) is 3.38. The molecular weight excluding hydrogens is 264 g/mol. The third-order valence-electron chi connectivity index (χ3n) is 3.25. The van der Waals surface area contributed by atoms with E-state index in [1.807, 2.05) is 23.6 Å². The summed E-state index contributed by atoms with van der Waals surface area (Å²) >= 11 is 1.50. The Labute approximate surface area is 113 Å². The molecule has 1 atom stereocenters. The number of carbonyl (C=O) groups is 1. The van der Waals surface area contributed by atoms with Crippen LogP contribution in [0.4, 0.5) is 0 Å². The summed E-state index contributed by atoms with van der Waals surface area (Å²) in [5, 5.41) is 1.90. The molecule has 1 unspecified atom stereocenters. The van der Waals surface area contributed by atoms with Crippen molar-refractivity contribution >= 4 is 17.3 Å². The maximum absolute atomic E-state index is 11.8. The first-order valence-corrected chi connectivity index (χ1v) is 6.89. The smallest absolute Gasteiger partial charge is 0.339 e. The minimum Gasteiger partial charge on any atom is -0.485 e. The summed E-state index contributed by atoms with van der Waals surface area (Å²) < 4.78 is 16.7. The van der Waals surface area contributed by atoms with Crippen LogP contribution in [0, 0.1) is 0 Å². The molecule has 1 aromatic carbocycles. The lowest BCUT2D eigenvalue weighted by atomic mass is 10.0. The fourth-order valence-electron chi connectivity index (χ4n) is 2.40. The Morgan fingerprint density at radius 2 is 2.00 bits per heavy atom. The molecule has 5 heteroatoms. The van der Waals surface area contributed by atoms with Crippen molar-refractivity contribution in [1.82, 2.24) is 0 Å². The molecule has 0 radical (unpaired) electrons. The van der Waals surface area contributed by atoms with Crippen molar-refractivity contribution in [2.45, 2.75) is 6.10 Å². The van der Waals surface area contributed by atoms with Gasteiger partial charge in [0.1, 0.15) is 13.2 Å². The monoisotopic (exact) mass is 274 g/mol. The van der Waals surface area contributed by atoms with E-state index in [2.05, 4.69) is 0 Å². The van der Waals surface area contributed by atoms with Gasteiger partial charge in [-0.1, -0.05) is 18.2 Å². The Morgan fingerprint density at radius 3 is 2.95 bits per heavy atom. The Morgan fingerprint density at radius 1 is 1.16 bits per heavy atom. The number of ether oxygens (including phenoxy) is 3. The number of cyclic esters (lactones) is 1. The Hall–Kier alpha value is -2.01. The van der Waals surface area contributed by atoms with Crippen LogP contribution in [0.15, 0.2) is 29.6 Å². The first-order valence-electron chi connectivity index (χ1n) is 6.01. The van der Waals surface area contributed by atoms with Crippen LogP contribution in [-0.2, 0) is 4.74 Å². The van der Waals surface area contributed by atoms with Gasteiger partial charge in [-0.05, 0) is 6.07 Å². The molecule has 96 valence electrons. The molecule has 0 bridgehead atoms. The van der Waals surface area contributed by atoms with Gasteiger partial charge in [-0.2, -0.15) is 0 Å². The molecule has 0 aliphatic carbocycles. The maximum Gasteiger partial charge on any atom is 0.339 e. The molecule has 0 amide bonds. The summed E-state index contributed by atoms with van der Waals surface area (Å²) in [6, 6.07) is 7.45. The number of thiophene rings is 1. The van der Waals surface area contributed by atoms with E-state index in [-0.39, 0.29) is 12.1 Å². The minimum absolute atomic E-state index is 0.278. The second-order valence-electron chi connectivity index (χ2n) is 4.36. The number of hydrogen-bond acceptors (Lipinski definition) is 5. The van der Waals surface area contributed by atoms with Crippen molar-refractivity contribution in [2.75, 3.05) is 13.2 Å². The lowest BCUT2D eigenvalue weighted by Gasteiger charge is -2.18. The quantitative estimate of drug-likeness (QED) is 0.750. The largest absolute Gasteiger partial charge is 0.485 e. The molecule has 19 heavy (non-hydrogen) atoms. The van der Waals surface area contributed by atoms with Gasteiger partial charge in [0.05, 0.1) is 10.4 Å². The predicted octanol–water partition coefficient (Wildman–Crippen LogP) is 2.78. The molecule has 0 fully saturated rings. The van der Waals surface area contributed by atoms with Crippen LogP contribution in [0.3, 0.4) is 0 Å². The summed E-state index contributed by atoms with van der Waals surface area (Å²) in [5.74, 6) is 1.18. The predicted molar refractivity (Wildman–Crippen MR) is 69.0 cm³/mol. The second-order valence-corrected chi connectivity index (χ2v) is 5.27. The molecule has 0 N–H and O–H groups in total. The van der Waals surface area contributed by atoms with Crippen molar-refractivity contribution in [3.63, 3.8) is 0 Å². The van der Waals surface area contributed by atoms with Gasteiger partial charge in [0.2, 0.25) is 0 Å². The number of fused-ring (bicyclic) bond motifs is 2. The Balaban J connectivity index is 1.82. The summed E-state index contributed by atoms with van der Waals surface area (Å²) in [4.78, 5) is 12.7. The molecular formula is C14H10O4S. The molecule has 2 aliphatic heterocycles. The third kappa shape index (κ3) is 1.55. The van der Waals surface area contributed by atoms with Crippen LogP contribution in [0.2, 0.25) is 0 Å². The first-order chi connectivity index (χ1) is 9.34. The van der Waals surface area contributed by atoms with Crippen molar-refractivity contribution in [3.8, 4) is 11.5 Å². The zero-order valence-electron chi connectivity index (χ0n) is 9.92. The number of esters is 1. The highest BCUT2D eigenvalue weighted by Gasteiger charge is 2.36. The van der Waals surface area contributed by atoms with Gasteiger partial charge >= 0.3 is 5.97 Å². The standard InChI is InChI=1S/C14H10O4S/c15-14-9-4-2-1-3-8(9)11(18-14)13-12-10(7-19-13)16-5-6-17-12/h1-4,7,11H,5-6H2. The van der Waals surface area contributed by atoms with Crippen LogP contribution in [0.5, 0.6) is 11.5 Å². The normalized spacial score (nSPS) is 20.0. The van der Waals surface area contributed by atoms with Gasteiger partial charge in [-0.25, -0.2) is 4.79 Å². The number of rotatable bonds is 1. The topological polar surface area (TPSA) is 44.8 Å². The summed E-state index contributed by atoms with van der Waals surface area (Å²) in [7, 11) is 0. The van der Waals surface area contributed by atoms with Gasteiger partial charge in [0.25, 0.3) is 0 Å². The van der Waals surface area contributed by atoms with Crippen molar-refractivity contribution in [1.29, 1.82) is 0 Å². The van der Waals surface area contributed by atoms with E-state index in [0.717, 1.165) is 16.2 Å². The molecule has 2 aliphatic rings. The van der Waals surface area contributed by atoms with E-state index < -0.39 is 0 Å². The van der Waals surface area contributed by atoms with Gasteiger partial charge in [0.15, 0.2) is 17.6 Å². The summed E-state index contributed by atoms with van der Waals surface area (Å²) in [6.07, 6.45) is -0.376. The Kier molecular flexibility index (Phi) is 2.29. The van der Waals surface area contributed by atoms with E-state index in [1.54, 1.807) is 6.07 Å². The average molecular weight is 274 g/mol. The first kappa shape index (κ1) is 10.9. The van der Waals surface area contributed by atoms with E-state index in [0.29, 0.717) is 24.5 Å². The molecule has 0 spiro atoms. The van der Waals surface area contributed by atoms with Crippen LogP contribution < -0.4 is 9.47 Å². The highest BCUT2D eigenvalue weighted by atomic mass is 32.1. The zero-order valence-corrected chi connectivity index (χ0v) is 10.7. The lowest BCUT2D eigenvalue weighted by Crippen LogP contribution is -2.15. The maximum atomic E-state index is 11.8. The number of carbonyl (C=O) groups excluding carboxylic acids is 1. The third-order valence-corrected chi connectivity index (χ3v) is 4.24. The van der Waals surface area contributed by atoms with Gasteiger partial charge in [0, 0.05) is 10.9 Å². The molecule has 4 rings (SSSR count). The van der Waals surface area contributed by atoms with Crippen LogP contribution in [0.25, 0.3) is 0 Å². The van der Waals surface area contributed by atoms with Crippen molar-refractivity contribution in [2.24, 2.45) is 0 Å². The van der Waals surface area contributed by atoms with E-state index >= 15 is 0 Å². The summed E-state index contributed by atoms with van der Waals surface area (Å²) in [5.41, 5.74) is 1.53. The van der Waals surface area contributed by atoms with Gasteiger partial charge in [-0.15, -0.1) is 11.3 Å².